The number of nitro benzene ring substituents is 1. The first-order chi connectivity index (χ1) is 12.0. The number of carbonyl (C=O) groups excluding carboxylic acids is 2. The van der Waals surface area contributed by atoms with Gasteiger partial charge in [-0.3, -0.25) is 10.1 Å². The highest BCUT2D eigenvalue weighted by Crippen LogP contribution is 2.31. The summed E-state index contributed by atoms with van der Waals surface area (Å²) < 4.78 is 5.57. The first-order valence-electron chi connectivity index (χ1n) is 8.24. The first kappa shape index (κ1) is 19.4. The van der Waals surface area contributed by atoms with Crippen molar-refractivity contribution in [2.24, 2.45) is 5.41 Å². The molecular formula is C18H23N3O5. The molecule has 2 rings (SSSR count). The molecule has 2 amide bonds. The van der Waals surface area contributed by atoms with Crippen LogP contribution in [0.2, 0.25) is 0 Å². The summed E-state index contributed by atoms with van der Waals surface area (Å²) in [6.45, 7) is 9.24. The van der Waals surface area contributed by atoms with Crippen LogP contribution in [0.1, 0.15) is 46.2 Å². The van der Waals surface area contributed by atoms with E-state index in [1.165, 1.54) is 18.2 Å². The number of nitro groups is 1. The molecule has 1 aliphatic rings. The molecule has 26 heavy (non-hydrogen) atoms. The third-order valence-corrected chi connectivity index (χ3v) is 4.41. The lowest BCUT2D eigenvalue weighted by atomic mass is 9.90. The maximum atomic E-state index is 12.8. The molecule has 1 aromatic carbocycles. The van der Waals surface area contributed by atoms with Crippen molar-refractivity contribution in [3.63, 3.8) is 0 Å². The SMILES string of the molecule is CC1=C(C(=O)O[C@@H](C)C(C)(C)C)[C@H](c2cccc([N+](=O)[O-])c2)NC(=O)N1. The molecule has 0 saturated carbocycles. The number of hydrogen-bond donors (Lipinski definition) is 2. The summed E-state index contributed by atoms with van der Waals surface area (Å²) in [5, 5.41) is 16.2. The normalized spacial score (nSPS) is 18.7. The maximum absolute atomic E-state index is 12.8. The Labute approximate surface area is 151 Å². The summed E-state index contributed by atoms with van der Waals surface area (Å²) in [7, 11) is 0. The predicted molar refractivity (Wildman–Crippen MR) is 95.2 cm³/mol. The minimum Gasteiger partial charge on any atom is -0.459 e. The number of nitrogens with zero attached hydrogens (tertiary/aromatic N) is 1. The van der Waals surface area contributed by atoms with Crippen LogP contribution in [0.3, 0.4) is 0 Å². The molecule has 0 fully saturated rings. The van der Waals surface area contributed by atoms with Gasteiger partial charge in [-0.2, -0.15) is 0 Å². The van der Waals surface area contributed by atoms with Gasteiger partial charge < -0.3 is 15.4 Å². The zero-order valence-corrected chi connectivity index (χ0v) is 15.5. The number of non-ortho nitro benzene ring substituents is 1. The number of esters is 1. The summed E-state index contributed by atoms with van der Waals surface area (Å²) in [5.41, 5.74) is 0.640. The fourth-order valence-corrected chi connectivity index (χ4v) is 2.43. The number of amides is 2. The number of allylic oxidation sites excluding steroid dienone is 1. The van der Waals surface area contributed by atoms with Crippen molar-refractivity contribution in [1.29, 1.82) is 0 Å². The quantitative estimate of drug-likeness (QED) is 0.486. The van der Waals surface area contributed by atoms with Crippen LogP contribution >= 0.6 is 0 Å². The van der Waals surface area contributed by atoms with Gasteiger partial charge in [-0.1, -0.05) is 32.9 Å². The predicted octanol–water partition coefficient (Wildman–Crippen LogP) is 3.20. The Hall–Kier alpha value is -2.90. The van der Waals surface area contributed by atoms with E-state index in [0.717, 1.165) is 0 Å². The van der Waals surface area contributed by atoms with Crippen molar-refractivity contribution in [3.05, 3.63) is 51.2 Å². The largest absolute Gasteiger partial charge is 0.459 e. The Morgan fingerprint density at radius 2 is 2.00 bits per heavy atom. The van der Waals surface area contributed by atoms with E-state index in [4.69, 9.17) is 4.74 Å². The Balaban J connectivity index is 2.42. The van der Waals surface area contributed by atoms with Gasteiger partial charge >= 0.3 is 12.0 Å². The number of urea groups is 1. The third-order valence-electron chi connectivity index (χ3n) is 4.41. The van der Waals surface area contributed by atoms with E-state index in [1.54, 1.807) is 19.9 Å². The lowest BCUT2D eigenvalue weighted by molar-refractivity contribution is -0.384. The van der Waals surface area contributed by atoms with Gasteiger partial charge in [0.1, 0.15) is 6.10 Å². The second-order valence-corrected chi connectivity index (χ2v) is 7.34. The molecule has 0 unspecified atom stereocenters. The van der Waals surface area contributed by atoms with Crippen LogP contribution in [0.4, 0.5) is 10.5 Å². The van der Waals surface area contributed by atoms with Crippen LogP contribution in [-0.4, -0.2) is 23.0 Å². The van der Waals surface area contributed by atoms with Crippen LogP contribution < -0.4 is 10.6 Å². The molecule has 1 aliphatic heterocycles. The van der Waals surface area contributed by atoms with E-state index in [-0.39, 0.29) is 22.8 Å². The molecular weight excluding hydrogens is 338 g/mol. The van der Waals surface area contributed by atoms with Gasteiger partial charge in [0.25, 0.3) is 5.69 Å². The molecule has 140 valence electrons. The van der Waals surface area contributed by atoms with E-state index >= 15 is 0 Å². The van der Waals surface area contributed by atoms with Crippen LogP contribution in [0.5, 0.6) is 0 Å². The van der Waals surface area contributed by atoms with Gasteiger partial charge in [0, 0.05) is 17.8 Å². The highest BCUT2D eigenvalue weighted by molar-refractivity contribution is 5.95. The highest BCUT2D eigenvalue weighted by atomic mass is 16.6. The van der Waals surface area contributed by atoms with Gasteiger partial charge in [0.15, 0.2) is 0 Å². The standard InChI is InChI=1S/C18H23N3O5/c1-10-14(16(22)26-11(2)18(3,4)5)15(20-17(23)19-10)12-7-6-8-13(9-12)21(24)25/h6-9,11,15H,1-5H3,(H2,19,20,23)/t11-,15-/m0/s1. The number of nitrogens with one attached hydrogen (secondary N) is 2. The molecule has 0 bridgehead atoms. The van der Waals surface area contributed by atoms with Crippen molar-refractivity contribution in [2.75, 3.05) is 0 Å². The fraction of sp³-hybridized carbons (Fsp3) is 0.444. The van der Waals surface area contributed by atoms with Crippen LogP contribution in [0.25, 0.3) is 0 Å². The smallest absolute Gasteiger partial charge is 0.338 e. The summed E-state index contributed by atoms with van der Waals surface area (Å²) >= 11 is 0. The van der Waals surface area contributed by atoms with Crippen LogP contribution in [-0.2, 0) is 9.53 Å². The summed E-state index contributed by atoms with van der Waals surface area (Å²) in [6, 6.07) is 4.50. The van der Waals surface area contributed by atoms with Gasteiger partial charge in [0.05, 0.1) is 16.5 Å². The van der Waals surface area contributed by atoms with Crippen LogP contribution in [0.15, 0.2) is 35.5 Å². The Bertz CT molecular complexity index is 779. The first-order valence-corrected chi connectivity index (χ1v) is 8.24. The average Bonchev–Trinajstić information content (AvgIpc) is 2.53. The lowest BCUT2D eigenvalue weighted by Crippen LogP contribution is -2.46. The van der Waals surface area contributed by atoms with Crippen molar-refractivity contribution >= 4 is 17.7 Å². The van der Waals surface area contributed by atoms with E-state index in [9.17, 15) is 19.7 Å². The molecule has 0 aromatic heterocycles. The Morgan fingerprint density at radius 1 is 1.35 bits per heavy atom. The number of ether oxygens (including phenoxy) is 1. The molecule has 0 radical (unpaired) electrons. The average molecular weight is 361 g/mol. The molecule has 1 heterocycles. The van der Waals surface area contributed by atoms with E-state index in [1.807, 2.05) is 20.8 Å². The second kappa shape index (κ2) is 7.15. The minimum atomic E-state index is -0.830. The number of hydrogen-bond acceptors (Lipinski definition) is 5. The minimum absolute atomic E-state index is 0.122. The van der Waals surface area contributed by atoms with Gasteiger partial charge in [0.2, 0.25) is 0 Å². The van der Waals surface area contributed by atoms with E-state index in [0.29, 0.717) is 11.3 Å². The maximum Gasteiger partial charge on any atom is 0.338 e. The van der Waals surface area contributed by atoms with Crippen molar-refractivity contribution in [2.45, 2.75) is 46.8 Å². The van der Waals surface area contributed by atoms with Crippen molar-refractivity contribution in [1.82, 2.24) is 10.6 Å². The molecule has 0 aliphatic carbocycles. The van der Waals surface area contributed by atoms with Gasteiger partial charge in [-0.15, -0.1) is 0 Å². The zero-order valence-electron chi connectivity index (χ0n) is 15.5. The van der Waals surface area contributed by atoms with Gasteiger partial charge in [-0.25, -0.2) is 9.59 Å². The van der Waals surface area contributed by atoms with E-state index < -0.39 is 23.0 Å². The highest BCUT2D eigenvalue weighted by Gasteiger charge is 2.35. The number of rotatable bonds is 4. The number of carbonyl (C=O) groups is 2. The molecule has 8 heteroatoms. The Morgan fingerprint density at radius 3 is 2.58 bits per heavy atom. The molecule has 2 N–H and O–H groups in total. The number of benzene rings is 1. The summed E-state index contributed by atoms with van der Waals surface area (Å²) in [5.74, 6) is -0.575. The Kier molecular flexibility index (Phi) is 5.34. The lowest BCUT2D eigenvalue weighted by Gasteiger charge is -2.31. The fourth-order valence-electron chi connectivity index (χ4n) is 2.43. The molecule has 8 nitrogen and oxygen atoms in total. The molecule has 0 saturated heterocycles. The summed E-state index contributed by atoms with van der Waals surface area (Å²) in [6.07, 6.45) is -0.362. The van der Waals surface area contributed by atoms with Crippen molar-refractivity contribution in [3.8, 4) is 0 Å². The second-order valence-electron chi connectivity index (χ2n) is 7.34. The van der Waals surface area contributed by atoms with E-state index in [2.05, 4.69) is 10.6 Å². The summed E-state index contributed by atoms with van der Waals surface area (Å²) in [4.78, 5) is 35.2. The molecule has 0 spiro atoms. The molecule has 1 aromatic rings. The van der Waals surface area contributed by atoms with Gasteiger partial charge in [-0.05, 0) is 24.8 Å². The topological polar surface area (TPSA) is 111 Å². The molecule has 2 atom stereocenters. The monoisotopic (exact) mass is 361 g/mol. The third kappa shape index (κ3) is 4.19. The van der Waals surface area contributed by atoms with Crippen LogP contribution in [0, 0.1) is 15.5 Å². The zero-order chi connectivity index (χ0) is 19.6. The van der Waals surface area contributed by atoms with Crippen molar-refractivity contribution < 1.29 is 19.2 Å².